The normalized spacial score (nSPS) is 14.6. The number of hydrogen-bond donors (Lipinski definition) is 1. The first kappa shape index (κ1) is 24.7. The van der Waals surface area contributed by atoms with Gasteiger partial charge in [0.25, 0.3) is 5.91 Å². The van der Waals surface area contributed by atoms with E-state index in [9.17, 15) is 9.18 Å². The highest BCUT2D eigenvalue weighted by molar-refractivity contribution is 5.92. The van der Waals surface area contributed by atoms with Crippen LogP contribution in [0.5, 0.6) is 5.75 Å². The molecule has 4 rings (SSSR count). The molecule has 6 heteroatoms. The van der Waals surface area contributed by atoms with Crippen LogP contribution in [0.2, 0.25) is 0 Å². The summed E-state index contributed by atoms with van der Waals surface area (Å²) in [6.07, 6.45) is 0. The first-order chi connectivity index (χ1) is 16.8. The predicted octanol–water partition coefficient (Wildman–Crippen LogP) is 5.46. The highest BCUT2D eigenvalue weighted by Crippen LogP contribution is 2.24. The number of carbonyl (C=O) groups is 1. The molecular formula is C29H34FN3O2. The van der Waals surface area contributed by atoms with E-state index in [0.717, 1.165) is 43.1 Å². The van der Waals surface area contributed by atoms with Crippen LogP contribution in [0.3, 0.4) is 0 Å². The van der Waals surface area contributed by atoms with Gasteiger partial charge >= 0.3 is 0 Å². The summed E-state index contributed by atoms with van der Waals surface area (Å²) in [5, 5.41) is 2.89. The van der Waals surface area contributed by atoms with Gasteiger partial charge in [0.1, 0.15) is 11.6 Å². The van der Waals surface area contributed by atoms with Gasteiger partial charge < -0.3 is 15.0 Å². The fraction of sp³-hybridized carbons (Fsp3) is 0.345. The lowest BCUT2D eigenvalue weighted by atomic mass is 9.87. The Morgan fingerprint density at radius 2 is 1.57 bits per heavy atom. The maximum absolute atomic E-state index is 13.9. The van der Waals surface area contributed by atoms with Crippen molar-refractivity contribution >= 4 is 17.3 Å². The van der Waals surface area contributed by atoms with Crippen molar-refractivity contribution in [1.29, 1.82) is 0 Å². The molecule has 1 N–H and O–H groups in total. The summed E-state index contributed by atoms with van der Waals surface area (Å²) in [6, 6.07) is 22.7. The fourth-order valence-corrected chi connectivity index (χ4v) is 4.18. The summed E-state index contributed by atoms with van der Waals surface area (Å²) < 4.78 is 19.6. The molecule has 0 aromatic heterocycles. The number of rotatable bonds is 7. The van der Waals surface area contributed by atoms with Crippen molar-refractivity contribution < 1.29 is 13.9 Å². The first-order valence-electron chi connectivity index (χ1n) is 12.1. The minimum atomic E-state index is -0.195. The van der Waals surface area contributed by atoms with Crippen LogP contribution in [-0.2, 0) is 16.8 Å². The van der Waals surface area contributed by atoms with Crippen molar-refractivity contribution in [2.24, 2.45) is 0 Å². The van der Waals surface area contributed by atoms with Gasteiger partial charge in [-0.3, -0.25) is 9.69 Å². The lowest BCUT2D eigenvalue weighted by Gasteiger charge is -2.36. The lowest BCUT2D eigenvalue weighted by Crippen LogP contribution is -2.46. The van der Waals surface area contributed by atoms with E-state index < -0.39 is 0 Å². The third-order valence-corrected chi connectivity index (χ3v) is 6.33. The molecule has 5 nitrogen and oxygen atoms in total. The SMILES string of the molecule is CC(C)(C)c1ccc(OCC(=O)Nc2ccc(N3CCN(Cc4ccccc4F)CC3)cc2)cc1. The second-order valence-electron chi connectivity index (χ2n) is 10.0. The Labute approximate surface area is 207 Å². The minimum absolute atomic E-state index is 0.0411. The third kappa shape index (κ3) is 6.83. The van der Waals surface area contributed by atoms with E-state index in [4.69, 9.17) is 4.74 Å². The lowest BCUT2D eigenvalue weighted by molar-refractivity contribution is -0.118. The van der Waals surface area contributed by atoms with Crippen molar-refractivity contribution in [3.8, 4) is 5.75 Å². The fourth-order valence-electron chi connectivity index (χ4n) is 4.18. The molecule has 0 radical (unpaired) electrons. The Kier molecular flexibility index (Phi) is 7.71. The van der Waals surface area contributed by atoms with E-state index in [1.54, 1.807) is 6.07 Å². The van der Waals surface area contributed by atoms with E-state index in [1.165, 1.54) is 11.6 Å². The molecule has 3 aromatic carbocycles. The molecule has 1 amide bonds. The maximum Gasteiger partial charge on any atom is 0.262 e. The van der Waals surface area contributed by atoms with Gasteiger partial charge in [-0.05, 0) is 53.4 Å². The monoisotopic (exact) mass is 475 g/mol. The minimum Gasteiger partial charge on any atom is -0.484 e. The van der Waals surface area contributed by atoms with Crippen LogP contribution < -0.4 is 15.0 Å². The van der Waals surface area contributed by atoms with Crippen molar-refractivity contribution in [3.63, 3.8) is 0 Å². The topological polar surface area (TPSA) is 44.8 Å². The number of benzene rings is 3. The number of piperazine rings is 1. The molecule has 0 spiro atoms. The number of amides is 1. The molecule has 3 aromatic rings. The number of halogens is 1. The Morgan fingerprint density at radius 1 is 0.914 bits per heavy atom. The molecule has 184 valence electrons. The van der Waals surface area contributed by atoms with Crippen molar-refractivity contribution in [3.05, 3.63) is 89.7 Å². The quantitative estimate of drug-likeness (QED) is 0.493. The number of carbonyl (C=O) groups excluding carboxylic acids is 1. The largest absolute Gasteiger partial charge is 0.484 e. The van der Waals surface area contributed by atoms with Crippen molar-refractivity contribution in [2.45, 2.75) is 32.7 Å². The molecule has 1 aliphatic heterocycles. The van der Waals surface area contributed by atoms with E-state index in [1.807, 2.05) is 60.7 Å². The second kappa shape index (κ2) is 10.9. The smallest absolute Gasteiger partial charge is 0.262 e. The highest BCUT2D eigenvalue weighted by Gasteiger charge is 2.18. The molecule has 1 saturated heterocycles. The number of nitrogens with zero attached hydrogens (tertiary/aromatic N) is 2. The van der Waals surface area contributed by atoms with Crippen LogP contribution in [0.1, 0.15) is 31.9 Å². The Morgan fingerprint density at radius 3 is 2.20 bits per heavy atom. The molecule has 0 bridgehead atoms. The Bertz CT molecular complexity index is 1120. The van der Waals surface area contributed by atoms with Gasteiger partial charge in [-0.1, -0.05) is 51.1 Å². The van der Waals surface area contributed by atoms with Gasteiger partial charge in [-0.2, -0.15) is 0 Å². The van der Waals surface area contributed by atoms with Crippen LogP contribution in [0.15, 0.2) is 72.8 Å². The van der Waals surface area contributed by atoms with E-state index >= 15 is 0 Å². The third-order valence-electron chi connectivity index (χ3n) is 6.33. The average Bonchev–Trinajstić information content (AvgIpc) is 2.85. The highest BCUT2D eigenvalue weighted by atomic mass is 19.1. The van der Waals surface area contributed by atoms with Gasteiger partial charge in [0.05, 0.1) is 0 Å². The summed E-state index contributed by atoms with van der Waals surface area (Å²) in [6.45, 7) is 10.6. The van der Waals surface area contributed by atoms with Crippen LogP contribution in [0, 0.1) is 5.82 Å². The van der Waals surface area contributed by atoms with Gasteiger partial charge in [0.15, 0.2) is 6.61 Å². The first-order valence-corrected chi connectivity index (χ1v) is 12.1. The Hall–Kier alpha value is -3.38. The number of hydrogen-bond acceptors (Lipinski definition) is 4. The second-order valence-corrected chi connectivity index (χ2v) is 10.0. The maximum atomic E-state index is 13.9. The van der Waals surface area contributed by atoms with E-state index in [0.29, 0.717) is 12.3 Å². The van der Waals surface area contributed by atoms with Gasteiger partial charge in [-0.25, -0.2) is 4.39 Å². The predicted molar refractivity (Wildman–Crippen MR) is 140 cm³/mol. The molecule has 1 fully saturated rings. The van der Waals surface area contributed by atoms with Crippen molar-refractivity contribution in [1.82, 2.24) is 4.90 Å². The molecule has 0 saturated carbocycles. The zero-order valence-electron chi connectivity index (χ0n) is 20.8. The summed E-state index contributed by atoms with van der Waals surface area (Å²) in [7, 11) is 0. The summed E-state index contributed by atoms with van der Waals surface area (Å²) in [4.78, 5) is 16.9. The number of anilines is 2. The summed E-state index contributed by atoms with van der Waals surface area (Å²) in [5.41, 5.74) is 3.90. The zero-order chi connectivity index (χ0) is 24.8. The van der Waals surface area contributed by atoms with Crippen LogP contribution in [0.25, 0.3) is 0 Å². The zero-order valence-corrected chi connectivity index (χ0v) is 20.8. The van der Waals surface area contributed by atoms with Crippen LogP contribution in [0.4, 0.5) is 15.8 Å². The van der Waals surface area contributed by atoms with E-state index in [-0.39, 0.29) is 23.7 Å². The van der Waals surface area contributed by atoms with Crippen LogP contribution in [-0.4, -0.2) is 43.6 Å². The molecule has 1 heterocycles. The number of nitrogens with one attached hydrogen (secondary N) is 1. The summed E-state index contributed by atoms with van der Waals surface area (Å²) >= 11 is 0. The molecule has 1 aliphatic rings. The van der Waals surface area contributed by atoms with Gasteiger partial charge in [-0.15, -0.1) is 0 Å². The summed E-state index contributed by atoms with van der Waals surface area (Å²) in [5.74, 6) is 0.341. The average molecular weight is 476 g/mol. The van der Waals surface area contributed by atoms with Crippen molar-refractivity contribution in [2.75, 3.05) is 43.0 Å². The number of ether oxygens (including phenoxy) is 1. The van der Waals surface area contributed by atoms with Crippen LogP contribution >= 0.6 is 0 Å². The van der Waals surface area contributed by atoms with E-state index in [2.05, 4.69) is 35.9 Å². The molecule has 0 aliphatic carbocycles. The molecule has 35 heavy (non-hydrogen) atoms. The standard InChI is InChI=1S/C29H34FN3O2/c1-29(2,3)23-8-14-26(15-9-23)35-21-28(34)31-24-10-12-25(13-11-24)33-18-16-32(17-19-33)20-22-6-4-5-7-27(22)30/h4-15H,16-21H2,1-3H3,(H,31,34). The molecule has 0 unspecified atom stereocenters. The Balaban J connectivity index is 1.22. The molecular weight excluding hydrogens is 441 g/mol. The van der Waals surface area contributed by atoms with Gasteiger partial charge in [0.2, 0.25) is 0 Å². The molecule has 0 atom stereocenters. The van der Waals surface area contributed by atoms with Gasteiger partial charge in [0, 0.05) is 49.7 Å².